The van der Waals surface area contributed by atoms with Crippen molar-refractivity contribution in [2.75, 3.05) is 60.0 Å². The first-order valence-electron chi connectivity index (χ1n) is 15.8. The molecule has 1 saturated carbocycles. The van der Waals surface area contributed by atoms with Crippen molar-refractivity contribution in [3.05, 3.63) is 58.7 Å². The Bertz CT molecular complexity index is 1430. The molecule has 10 heteroatoms. The van der Waals surface area contributed by atoms with Crippen LogP contribution >= 0.6 is 0 Å². The monoisotopic (exact) mass is 602 g/mol. The Balaban J connectivity index is 1.18. The van der Waals surface area contributed by atoms with Crippen LogP contribution in [0, 0.1) is 0 Å². The lowest BCUT2D eigenvalue weighted by molar-refractivity contribution is -0.148. The maximum Gasteiger partial charge on any atom is 0.302 e. The van der Waals surface area contributed by atoms with Crippen LogP contribution in [0.25, 0.3) is 0 Å². The van der Waals surface area contributed by atoms with Crippen molar-refractivity contribution in [3.63, 3.8) is 0 Å². The van der Waals surface area contributed by atoms with Crippen LogP contribution in [0.4, 0.5) is 0 Å². The zero-order chi connectivity index (χ0) is 30.8. The van der Waals surface area contributed by atoms with E-state index in [1.165, 1.54) is 6.92 Å². The first-order chi connectivity index (χ1) is 21.3. The van der Waals surface area contributed by atoms with E-state index >= 15 is 0 Å². The van der Waals surface area contributed by atoms with Crippen molar-refractivity contribution in [1.82, 2.24) is 14.7 Å². The second kappa shape index (κ2) is 13.0. The number of methoxy groups -OCH3 is 2. The highest BCUT2D eigenvalue weighted by atomic mass is 16.5. The Labute approximate surface area is 258 Å². The van der Waals surface area contributed by atoms with Crippen LogP contribution < -0.4 is 9.47 Å². The molecule has 0 radical (unpaired) electrons. The summed E-state index contributed by atoms with van der Waals surface area (Å²) in [6.45, 7) is 6.23. The average Bonchev–Trinajstić information content (AvgIpc) is 3.59. The van der Waals surface area contributed by atoms with Gasteiger partial charge in [-0.15, -0.1) is 0 Å². The lowest BCUT2D eigenvalue weighted by Crippen LogP contribution is -2.51. The fourth-order valence-corrected chi connectivity index (χ4v) is 7.14. The normalized spacial score (nSPS) is 23.3. The molecule has 0 N–H and O–H groups in total. The van der Waals surface area contributed by atoms with Gasteiger partial charge in [0.15, 0.2) is 11.5 Å². The van der Waals surface area contributed by atoms with E-state index in [1.54, 1.807) is 14.2 Å². The van der Waals surface area contributed by atoms with Gasteiger partial charge in [-0.1, -0.05) is 12.1 Å². The van der Waals surface area contributed by atoms with Crippen LogP contribution in [0.3, 0.4) is 0 Å². The summed E-state index contributed by atoms with van der Waals surface area (Å²) in [5.41, 5.74) is 4.50. The number of carbonyl (C=O) groups excluding carboxylic acids is 3. The third kappa shape index (κ3) is 6.18. The van der Waals surface area contributed by atoms with Gasteiger partial charge in [-0.3, -0.25) is 24.3 Å². The van der Waals surface area contributed by atoms with Crippen LogP contribution in [-0.4, -0.2) is 110 Å². The highest BCUT2D eigenvalue weighted by molar-refractivity contribution is 6.15. The molecule has 1 aliphatic carbocycles. The number of carbonyl (C=O) groups is 3. The van der Waals surface area contributed by atoms with Crippen molar-refractivity contribution < 1.29 is 28.6 Å². The summed E-state index contributed by atoms with van der Waals surface area (Å²) in [5.74, 6) is 1.32. The predicted octanol–water partition coefficient (Wildman–Crippen LogP) is 3.50. The lowest BCUT2D eigenvalue weighted by atomic mass is 9.74. The van der Waals surface area contributed by atoms with Crippen LogP contribution in [0.2, 0.25) is 0 Å². The molecule has 2 aromatic carbocycles. The van der Waals surface area contributed by atoms with Gasteiger partial charge < -0.3 is 24.0 Å². The van der Waals surface area contributed by atoms with Gasteiger partial charge in [0.1, 0.15) is 6.10 Å². The number of ether oxygens (including phenoxy) is 3. The molecule has 234 valence electrons. The van der Waals surface area contributed by atoms with Crippen molar-refractivity contribution in [2.24, 2.45) is 4.99 Å². The number of rotatable bonds is 7. The number of amides is 2. The molecule has 0 bridgehead atoms. The fraction of sp³-hybridized carbons (Fsp3) is 0.529. The number of piperazine rings is 1. The quantitative estimate of drug-likeness (QED) is 0.447. The fourth-order valence-electron chi connectivity index (χ4n) is 7.14. The second-order valence-corrected chi connectivity index (χ2v) is 12.2. The minimum Gasteiger partial charge on any atom is -0.493 e. The maximum atomic E-state index is 13.4. The molecular weight excluding hydrogens is 560 g/mol. The largest absolute Gasteiger partial charge is 0.493 e. The molecule has 3 unspecified atom stereocenters. The van der Waals surface area contributed by atoms with Gasteiger partial charge in [0.2, 0.25) is 5.91 Å². The summed E-state index contributed by atoms with van der Waals surface area (Å²) >= 11 is 0. The van der Waals surface area contributed by atoms with E-state index < -0.39 is 0 Å². The van der Waals surface area contributed by atoms with Gasteiger partial charge in [-0.2, -0.15) is 0 Å². The third-order valence-electron chi connectivity index (χ3n) is 9.49. The number of fused-ring (bicyclic) bond motifs is 3. The minimum atomic E-state index is -0.259. The van der Waals surface area contributed by atoms with E-state index in [0.717, 1.165) is 61.2 Å². The average molecular weight is 603 g/mol. The lowest BCUT2D eigenvalue weighted by Gasteiger charge is -2.38. The minimum absolute atomic E-state index is 0.00307. The Hall–Kier alpha value is -3.92. The number of hydrogen-bond donors (Lipinski definition) is 0. The number of esters is 1. The van der Waals surface area contributed by atoms with Crippen molar-refractivity contribution >= 4 is 23.5 Å². The molecule has 4 aliphatic rings. The predicted molar refractivity (Wildman–Crippen MR) is 166 cm³/mol. The van der Waals surface area contributed by atoms with Crippen LogP contribution in [0.5, 0.6) is 11.5 Å². The Kier molecular flexibility index (Phi) is 8.88. The van der Waals surface area contributed by atoms with E-state index in [1.807, 2.05) is 46.2 Å². The smallest absolute Gasteiger partial charge is 0.302 e. The summed E-state index contributed by atoms with van der Waals surface area (Å²) in [5, 5.41) is 0. The van der Waals surface area contributed by atoms with E-state index in [9.17, 15) is 14.4 Å². The first kappa shape index (κ1) is 30.1. The van der Waals surface area contributed by atoms with Gasteiger partial charge in [0.25, 0.3) is 5.91 Å². The molecule has 0 spiro atoms. The van der Waals surface area contributed by atoms with Gasteiger partial charge in [-0.05, 0) is 61.9 Å². The molecule has 3 aliphatic heterocycles. The molecule has 2 saturated heterocycles. The molecule has 3 fully saturated rings. The summed E-state index contributed by atoms with van der Waals surface area (Å²) in [6.07, 6.45) is 4.34. The molecule has 2 aromatic rings. The Morgan fingerprint density at radius 1 is 0.864 bits per heavy atom. The number of benzene rings is 2. The van der Waals surface area contributed by atoms with Crippen molar-refractivity contribution in [2.45, 2.75) is 57.1 Å². The Morgan fingerprint density at radius 3 is 2.20 bits per heavy atom. The zero-order valence-corrected chi connectivity index (χ0v) is 25.9. The molecule has 6 rings (SSSR count). The topological polar surface area (TPSA) is 101 Å². The SMILES string of the molecule is COc1cc2c(cc1OC)C1CC(OC(C)=O)CCC1N=C2c1ccc(C(=O)N2CCN(CC(=O)N3CCCC3)CC2)cc1. The summed E-state index contributed by atoms with van der Waals surface area (Å²) in [6, 6.07) is 11.8. The molecule has 10 nitrogen and oxygen atoms in total. The highest BCUT2D eigenvalue weighted by Gasteiger charge is 2.39. The Morgan fingerprint density at radius 2 is 1.55 bits per heavy atom. The van der Waals surface area contributed by atoms with E-state index in [4.69, 9.17) is 19.2 Å². The van der Waals surface area contributed by atoms with Crippen LogP contribution in [0.1, 0.15) is 72.0 Å². The third-order valence-corrected chi connectivity index (χ3v) is 9.49. The van der Waals surface area contributed by atoms with Crippen LogP contribution in [0.15, 0.2) is 41.4 Å². The van der Waals surface area contributed by atoms with Gasteiger partial charge >= 0.3 is 5.97 Å². The first-order valence-corrected chi connectivity index (χ1v) is 15.8. The summed E-state index contributed by atoms with van der Waals surface area (Å²) < 4.78 is 16.9. The highest BCUT2D eigenvalue weighted by Crippen LogP contribution is 2.45. The number of hydrogen-bond acceptors (Lipinski definition) is 8. The van der Waals surface area contributed by atoms with E-state index in [0.29, 0.717) is 56.2 Å². The van der Waals surface area contributed by atoms with Crippen molar-refractivity contribution in [1.29, 1.82) is 0 Å². The van der Waals surface area contributed by atoms with E-state index in [2.05, 4.69) is 4.90 Å². The zero-order valence-electron chi connectivity index (χ0n) is 25.9. The molecule has 2 amide bonds. The van der Waals surface area contributed by atoms with Gasteiger partial charge in [0.05, 0.1) is 32.5 Å². The second-order valence-electron chi connectivity index (χ2n) is 12.2. The van der Waals surface area contributed by atoms with Gasteiger partial charge in [0, 0.05) is 68.8 Å². The van der Waals surface area contributed by atoms with Crippen LogP contribution in [-0.2, 0) is 14.3 Å². The number of aliphatic imine (C=N–C) groups is 1. The maximum absolute atomic E-state index is 13.4. The molecule has 3 atom stereocenters. The van der Waals surface area contributed by atoms with E-state index in [-0.39, 0.29) is 35.8 Å². The molecular formula is C34H42N4O6. The van der Waals surface area contributed by atoms with Crippen molar-refractivity contribution in [3.8, 4) is 11.5 Å². The standard InChI is InChI=1S/C34H42N4O6/c1-22(39)44-25-10-11-29-27(18-25)26-19-30(42-2)31(43-3)20-28(26)33(35-29)23-6-8-24(9-7-23)34(41)38-16-14-36(15-17-38)21-32(40)37-12-4-5-13-37/h6-9,19-20,25,27,29H,4-5,10-18,21H2,1-3H3. The summed E-state index contributed by atoms with van der Waals surface area (Å²) in [4.78, 5) is 48.9. The summed E-state index contributed by atoms with van der Waals surface area (Å²) in [7, 11) is 3.25. The molecule has 44 heavy (non-hydrogen) atoms. The number of nitrogens with zero attached hydrogens (tertiary/aromatic N) is 4. The molecule has 3 heterocycles. The molecule has 0 aromatic heterocycles. The number of likely N-dealkylation sites (tertiary alicyclic amines) is 1. The van der Waals surface area contributed by atoms with Gasteiger partial charge in [-0.25, -0.2) is 0 Å².